The Labute approximate surface area is 147 Å². The Hall–Kier alpha value is -1.62. The van der Waals surface area contributed by atoms with E-state index in [4.69, 9.17) is 9.47 Å². The molecule has 2 aliphatic carbocycles. The predicted octanol–water partition coefficient (Wildman–Crippen LogP) is 2.52. The van der Waals surface area contributed by atoms with Crippen LogP contribution in [0.2, 0.25) is 0 Å². The molecule has 1 aromatic carbocycles. The molecule has 1 saturated heterocycles. The molecule has 3 unspecified atom stereocenters. The molecule has 2 fully saturated rings. The maximum atomic E-state index is 13.3. The zero-order valence-electron chi connectivity index (χ0n) is 14.8. The van der Waals surface area contributed by atoms with Crippen LogP contribution >= 0.6 is 0 Å². The number of benzene rings is 1. The highest BCUT2D eigenvalue weighted by Gasteiger charge is 2.67. The van der Waals surface area contributed by atoms with Crippen molar-refractivity contribution in [3.05, 3.63) is 23.3 Å². The number of methoxy groups -OCH3 is 1. The molecule has 4 nitrogen and oxygen atoms in total. The van der Waals surface area contributed by atoms with Crippen molar-refractivity contribution in [1.29, 1.82) is 0 Å². The topological polar surface area (TPSA) is 38.8 Å². The number of likely N-dealkylation sites (tertiary alicyclic amines) is 1. The average Bonchev–Trinajstić information content (AvgIpc) is 2.95. The van der Waals surface area contributed by atoms with Gasteiger partial charge < -0.3 is 14.4 Å². The molecule has 5 rings (SSSR count). The highest BCUT2D eigenvalue weighted by molar-refractivity contribution is 5.89. The van der Waals surface area contributed by atoms with E-state index in [1.807, 2.05) is 6.07 Å². The lowest BCUT2D eigenvalue weighted by atomic mass is 9.48. The standard InChI is InChI=1S/C20H24FNO3/c1-22-8-6-20-16-12(5-7-21)10-14(23)19(20)25-18-15(24-2)4-3-11(17(18)20)9-13(16)22/h3-4,12-13,16,19H,5-10H2,1-2H3/t12-,13?,16?,19-,20?/m0/s1. The number of ether oxygens (including phenoxy) is 2. The largest absolute Gasteiger partial charge is 0.493 e. The molecule has 5 heteroatoms. The molecule has 2 aliphatic heterocycles. The van der Waals surface area contributed by atoms with E-state index in [0.29, 0.717) is 24.6 Å². The summed E-state index contributed by atoms with van der Waals surface area (Å²) in [7, 11) is 3.81. The van der Waals surface area contributed by atoms with Crippen LogP contribution in [0.4, 0.5) is 4.39 Å². The first-order valence-corrected chi connectivity index (χ1v) is 9.27. The van der Waals surface area contributed by atoms with Gasteiger partial charge in [0.1, 0.15) is 0 Å². The third kappa shape index (κ3) is 1.77. The van der Waals surface area contributed by atoms with Crippen molar-refractivity contribution >= 4 is 5.78 Å². The van der Waals surface area contributed by atoms with Crippen molar-refractivity contribution in [3.63, 3.8) is 0 Å². The highest BCUT2D eigenvalue weighted by Crippen LogP contribution is 2.64. The monoisotopic (exact) mass is 345 g/mol. The minimum Gasteiger partial charge on any atom is -0.493 e. The van der Waals surface area contributed by atoms with E-state index < -0.39 is 6.10 Å². The van der Waals surface area contributed by atoms with E-state index in [9.17, 15) is 9.18 Å². The molecule has 134 valence electrons. The molecule has 25 heavy (non-hydrogen) atoms. The third-order valence-electron chi connectivity index (χ3n) is 7.22. The Morgan fingerprint density at radius 2 is 2.24 bits per heavy atom. The zero-order valence-corrected chi connectivity index (χ0v) is 14.8. The second-order valence-electron chi connectivity index (χ2n) is 8.11. The summed E-state index contributed by atoms with van der Waals surface area (Å²) in [6, 6.07) is 4.45. The molecule has 2 bridgehead atoms. The number of carbonyl (C=O) groups is 1. The van der Waals surface area contributed by atoms with E-state index in [1.54, 1.807) is 7.11 Å². The Morgan fingerprint density at radius 3 is 3.00 bits per heavy atom. The molecular formula is C20H24FNO3. The fourth-order valence-electron chi connectivity index (χ4n) is 6.34. The Balaban J connectivity index is 1.77. The molecule has 4 aliphatic rings. The number of likely N-dealkylation sites (N-methyl/N-ethyl adjacent to an activating group) is 1. The van der Waals surface area contributed by atoms with Gasteiger partial charge in [-0.3, -0.25) is 9.18 Å². The lowest BCUT2D eigenvalue weighted by Crippen LogP contribution is -2.67. The first kappa shape index (κ1) is 15.6. The van der Waals surface area contributed by atoms with Crippen molar-refractivity contribution in [1.82, 2.24) is 4.90 Å². The SMILES string of the molecule is COc1ccc2c3c1O[C@H]1C(=O)C[C@H](CCF)C4C(C2)N(C)CCC341. The van der Waals surface area contributed by atoms with Gasteiger partial charge in [-0.05, 0) is 56.3 Å². The normalized spacial score (nSPS) is 38.3. The van der Waals surface area contributed by atoms with Gasteiger partial charge in [-0.25, -0.2) is 0 Å². The van der Waals surface area contributed by atoms with Crippen LogP contribution in [0.5, 0.6) is 11.5 Å². The number of halogens is 1. The number of piperidine rings is 1. The molecule has 1 spiro atoms. The first-order chi connectivity index (χ1) is 12.1. The summed E-state index contributed by atoms with van der Waals surface area (Å²) in [6.45, 7) is 0.594. The van der Waals surface area contributed by atoms with Gasteiger partial charge in [-0.1, -0.05) is 6.07 Å². The van der Waals surface area contributed by atoms with E-state index in [0.717, 1.165) is 25.1 Å². The maximum absolute atomic E-state index is 13.3. The number of nitrogens with zero attached hydrogens (tertiary/aromatic N) is 1. The number of hydrogen-bond acceptors (Lipinski definition) is 4. The van der Waals surface area contributed by atoms with E-state index >= 15 is 0 Å². The van der Waals surface area contributed by atoms with Gasteiger partial charge in [-0.15, -0.1) is 0 Å². The van der Waals surface area contributed by atoms with Gasteiger partial charge in [0.15, 0.2) is 23.4 Å². The Morgan fingerprint density at radius 1 is 1.40 bits per heavy atom. The predicted molar refractivity (Wildman–Crippen MR) is 91.0 cm³/mol. The van der Waals surface area contributed by atoms with Crippen LogP contribution in [-0.2, 0) is 16.6 Å². The van der Waals surface area contributed by atoms with E-state index in [-0.39, 0.29) is 29.7 Å². The number of carbonyl (C=O) groups excluding carboxylic acids is 1. The van der Waals surface area contributed by atoms with Crippen LogP contribution in [-0.4, -0.2) is 50.2 Å². The van der Waals surface area contributed by atoms with Crippen molar-refractivity contribution in [2.24, 2.45) is 11.8 Å². The molecule has 0 amide bonds. The van der Waals surface area contributed by atoms with Crippen LogP contribution in [0, 0.1) is 11.8 Å². The van der Waals surface area contributed by atoms with Crippen LogP contribution in [0.25, 0.3) is 0 Å². The first-order valence-electron chi connectivity index (χ1n) is 9.27. The molecule has 0 N–H and O–H groups in total. The summed E-state index contributed by atoms with van der Waals surface area (Å²) in [4.78, 5) is 15.4. The van der Waals surface area contributed by atoms with Gasteiger partial charge in [-0.2, -0.15) is 0 Å². The van der Waals surface area contributed by atoms with Gasteiger partial charge in [0.2, 0.25) is 0 Å². The minimum atomic E-state index is -0.421. The zero-order chi connectivity index (χ0) is 17.3. The molecule has 2 heterocycles. The van der Waals surface area contributed by atoms with Crippen LogP contribution in [0.15, 0.2) is 12.1 Å². The summed E-state index contributed by atoms with van der Waals surface area (Å²) in [5, 5.41) is 0. The van der Waals surface area contributed by atoms with Crippen molar-refractivity contribution in [3.8, 4) is 11.5 Å². The summed E-state index contributed by atoms with van der Waals surface area (Å²) < 4.78 is 25.1. The molecule has 0 aromatic heterocycles. The van der Waals surface area contributed by atoms with Crippen molar-refractivity contribution in [2.45, 2.75) is 43.2 Å². The highest BCUT2D eigenvalue weighted by atomic mass is 19.1. The van der Waals surface area contributed by atoms with E-state index in [1.165, 1.54) is 11.1 Å². The van der Waals surface area contributed by atoms with Crippen molar-refractivity contribution < 1.29 is 18.7 Å². The summed E-state index contributed by atoms with van der Waals surface area (Å²) in [6.07, 6.45) is 2.34. The lowest BCUT2D eigenvalue weighted by molar-refractivity contribution is -0.144. The smallest absolute Gasteiger partial charge is 0.174 e. The number of hydrogen-bond donors (Lipinski definition) is 0. The second kappa shape index (κ2) is 5.19. The molecule has 0 radical (unpaired) electrons. The number of ketones is 1. The fourth-order valence-corrected chi connectivity index (χ4v) is 6.34. The van der Waals surface area contributed by atoms with Crippen LogP contribution in [0.3, 0.4) is 0 Å². The van der Waals surface area contributed by atoms with E-state index in [2.05, 4.69) is 18.0 Å². The molecular weight excluding hydrogens is 321 g/mol. The number of Topliss-reactive ketones (excluding diaryl/α,β-unsaturated/α-hetero) is 1. The average molecular weight is 345 g/mol. The number of alkyl halides is 1. The third-order valence-corrected chi connectivity index (χ3v) is 7.22. The summed E-state index contributed by atoms with van der Waals surface area (Å²) in [5.74, 6) is 2.02. The van der Waals surface area contributed by atoms with Gasteiger partial charge in [0.05, 0.1) is 13.8 Å². The number of rotatable bonds is 3. The molecule has 1 saturated carbocycles. The molecule has 5 atom stereocenters. The minimum absolute atomic E-state index is 0.107. The van der Waals surface area contributed by atoms with Gasteiger partial charge >= 0.3 is 0 Å². The van der Waals surface area contributed by atoms with Gasteiger partial charge in [0.25, 0.3) is 0 Å². The quantitative estimate of drug-likeness (QED) is 0.844. The van der Waals surface area contributed by atoms with Crippen LogP contribution < -0.4 is 9.47 Å². The van der Waals surface area contributed by atoms with Crippen LogP contribution in [0.1, 0.15) is 30.4 Å². The second-order valence-corrected chi connectivity index (χ2v) is 8.11. The Kier molecular flexibility index (Phi) is 3.25. The van der Waals surface area contributed by atoms with Gasteiger partial charge in [0, 0.05) is 23.4 Å². The summed E-state index contributed by atoms with van der Waals surface area (Å²) >= 11 is 0. The Bertz CT molecular complexity index is 751. The lowest BCUT2D eigenvalue weighted by Gasteiger charge is -2.59. The summed E-state index contributed by atoms with van der Waals surface area (Å²) in [5.41, 5.74) is 2.19. The van der Waals surface area contributed by atoms with Crippen molar-refractivity contribution in [2.75, 3.05) is 27.4 Å². The molecule has 1 aromatic rings. The fraction of sp³-hybridized carbons (Fsp3) is 0.650. The maximum Gasteiger partial charge on any atom is 0.174 e.